The van der Waals surface area contributed by atoms with Gasteiger partial charge in [-0.2, -0.15) is 0 Å². The molecule has 4 heteroatoms. The zero-order chi connectivity index (χ0) is 18.1. The number of aryl methyl sites for hydroxylation is 1. The Morgan fingerprint density at radius 2 is 1.35 bits per heavy atom. The van der Waals surface area contributed by atoms with Crippen molar-refractivity contribution in [2.24, 2.45) is 0 Å². The number of halogens is 2. The van der Waals surface area contributed by atoms with Crippen molar-refractivity contribution in [3.8, 4) is 33.9 Å². The Morgan fingerprint density at radius 1 is 0.731 bits per heavy atom. The molecule has 0 fully saturated rings. The first-order valence-electron chi connectivity index (χ1n) is 8.29. The van der Waals surface area contributed by atoms with Gasteiger partial charge < -0.3 is 4.98 Å². The highest BCUT2D eigenvalue weighted by molar-refractivity contribution is 14.1. The minimum atomic E-state index is 0.896. The lowest BCUT2D eigenvalue weighted by atomic mass is 10.1. The second-order valence-electron chi connectivity index (χ2n) is 6.20. The molecule has 4 aromatic rings. The van der Waals surface area contributed by atoms with Crippen molar-refractivity contribution in [3.63, 3.8) is 0 Å². The maximum Gasteiger partial charge on any atom is 0.138 e. The summed E-state index contributed by atoms with van der Waals surface area (Å²) in [4.78, 5) is 8.53. The second kappa shape index (κ2) is 7.52. The molecular weight excluding hydrogens is 546 g/mol. The lowest BCUT2D eigenvalue weighted by Gasteiger charge is -2.04. The molecule has 3 aromatic carbocycles. The first-order valence-corrected chi connectivity index (χ1v) is 10.4. The number of imidazole rings is 1. The Kier molecular flexibility index (Phi) is 5.13. The standard InChI is InChI=1S/C22H16I2N2/c1-14-8-10-15(11-9-14)22-25-20(16-4-2-6-18(23)12-16)21(26-22)17-5-3-7-19(24)13-17/h2-13H,1H3,(H,25,26). The zero-order valence-corrected chi connectivity index (χ0v) is 18.4. The molecule has 0 spiro atoms. The van der Waals surface area contributed by atoms with Crippen molar-refractivity contribution in [1.29, 1.82) is 0 Å². The van der Waals surface area contributed by atoms with Gasteiger partial charge in [0.2, 0.25) is 0 Å². The van der Waals surface area contributed by atoms with E-state index in [9.17, 15) is 0 Å². The molecule has 2 nitrogen and oxygen atoms in total. The van der Waals surface area contributed by atoms with Gasteiger partial charge in [0, 0.05) is 23.8 Å². The van der Waals surface area contributed by atoms with E-state index in [2.05, 4.69) is 130 Å². The molecule has 26 heavy (non-hydrogen) atoms. The lowest BCUT2D eigenvalue weighted by molar-refractivity contribution is 1.30. The van der Waals surface area contributed by atoms with Gasteiger partial charge in [-0.05, 0) is 76.4 Å². The van der Waals surface area contributed by atoms with Crippen molar-refractivity contribution < 1.29 is 0 Å². The maximum atomic E-state index is 4.97. The summed E-state index contributed by atoms with van der Waals surface area (Å²) in [6, 6.07) is 25.4. The van der Waals surface area contributed by atoms with Crippen LogP contribution < -0.4 is 0 Å². The third kappa shape index (κ3) is 3.71. The van der Waals surface area contributed by atoms with Gasteiger partial charge in [-0.25, -0.2) is 4.98 Å². The van der Waals surface area contributed by atoms with Crippen LogP contribution in [-0.2, 0) is 0 Å². The molecule has 1 heterocycles. The molecule has 0 unspecified atom stereocenters. The number of nitrogens with zero attached hydrogens (tertiary/aromatic N) is 1. The average Bonchev–Trinajstić information content (AvgIpc) is 3.08. The molecule has 1 aromatic heterocycles. The van der Waals surface area contributed by atoms with Gasteiger partial charge in [-0.1, -0.05) is 54.1 Å². The predicted molar refractivity (Wildman–Crippen MR) is 125 cm³/mol. The number of aromatic amines is 1. The molecule has 4 rings (SSSR count). The fraction of sp³-hybridized carbons (Fsp3) is 0.0455. The Labute approximate surface area is 180 Å². The summed E-state index contributed by atoms with van der Waals surface area (Å²) in [7, 11) is 0. The van der Waals surface area contributed by atoms with Crippen LogP contribution in [0.4, 0.5) is 0 Å². The smallest absolute Gasteiger partial charge is 0.138 e. The zero-order valence-electron chi connectivity index (χ0n) is 14.1. The van der Waals surface area contributed by atoms with Crippen LogP contribution in [-0.4, -0.2) is 9.97 Å². The molecule has 0 saturated heterocycles. The van der Waals surface area contributed by atoms with E-state index in [4.69, 9.17) is 4.98 Å². The number of benzene rings is 3. The van der Waals surface area contributed by atoms with E-state index < -0.39 is 0 Å². The fourth-order valence-electron chi connectivity index (χ4n) is 2.92. The fourth-order valence-corrected chi connectivity index (χ4v) is 4.01. The van der Waals surface area contributed by atoms with E-state index in [0.29, 0.717) is 0 Å². The van der Waals surface area contributed by atoms with Crippen LogP contribution in [0, 0.1) is 14.1 Å². The summed E-state index contributed by atoms with van der Waals surface area (Å²) in [6.45, 7) is 2.10. The molecular formula is C22H16I2N2. The first-order chi connectivity index (χ1) is 12.6. The summed E-state index contributed by atoms with van der Waals surface area (Å²) < 4.78 is 2.41. The van der Waals surface area contributed by atoms with E-state index in [1.165, 1.54) is 12.7 Å². The van der Waals surface area contributed by atoms with Crippen LogP contribution >= 0.6 is 45.2 Å². The summed E-state index contributed by atoms with van der Waals surface area (Å²) in [5, 5.41) is 0. The topological polar surface area (TPSA) is 28.7 Å². The lowest BCUT2D eigenvalue weighted by Crippen LogP contribution is -1.85. The summed E-state index contributed by atoms with van der Waals surface area (Å²) in [5.41, 5.74) is 6.66. The van der Waals surface area contributed by atoms with Crippen molar-refractivity contribution >= 4 is 45.2 Å². The SMILES string of the molecule is Cc1ccc(-c2nc(-c3cccc(I)c3)c(-c3cccc(I)c3)[nH]2)cc1. The minimum absolute atomic E-state index is 0.896. The summed E-state index contributed by atoms with van der Waals surface area (Å²) in [6.07, 6.45) is 0. The van der Waals surface area contributed by atoms with Gasteiger partial charge in [0.05, 0.1) is 11.4 Å². The van der Waals surface area contributed by atoms with Crippen LogP contribution in [0.2, 0.25) is 0 Å². The van der Waals surface area contributed by atoms with Gasteiger partial charge in [0.15, 0.2) is 0 Å². The number of hydrogen-bond acceptors (Lipinski definition) is 1. The van der Waals surface area contributed by atoms with E-state index in [-0.39, 0.29) is 0 Å². The van der Waals surface area contributed by atoms with Crippen LogP contribution in [0.5, 0.6) is 0 Å². The van der Waals surface area contributed by atoms with Gasteiger partial charge >= 0.3 is 0 Å². The third-order valence-corrected chi connectivity index (χ3v) is 5.58. The molecule has 0 aliphatic carbocycles. The quantitative estimate of drug-likeness (QED) is 0.270. The highest BCUT2D eigenvalue weighted by Gasteiger charge is 2.15. The molecule has 0 bridgehead atoms. The van der Waals surface area contributed by atoms with Crippen molar-refractivity contribution in [2.75, 3.05) is 0 Å². The highest BCUT2D eigenvalue weighted by Crippen LogP contribution is 2.34. The average molecular weight is 562 g/mol. The molecule has 0 aliphatic heterocycles. The molecule has 0 saturated carbocycles. The molecule has 0 atom stereocenters. The van der Waals surface area contributed by atoms with Gasteiger partial charge in [-0.3, -0.25) is 0 Å². The van der Waals surface area contributed by atoms with Crippen LogP contribution in [0.3, 0.4) is 0 Å². The van der Waals surface area contributed by atoms with Crippen molar-refractivity contribution in [3.05, 3.63) is 85.5 Å². The van der Waals surface area contributed by atoms with Gasteiger partial charge in [-0.15, -0.1) is 0 Å². The number of H-pyrrole nitrogens is 1. The van der Waals surface area contributed by atoms with E-state index in [1.807, 2.05) is 0 Å². The Balaban J connectivity index is 1.92. The highest BCUT2D eigenvalue weighted by atomic mass is 127. The first kappa shape index (κ1) is 17.7. The summed E-state index contributed by atoms with van der Waals surface area (Å²) >= 11 is 4.70. The largest absolute Gasteiger partial charge is 0.337 e. The monoisotopic (exact) mass is 562 g/mol. The number of nitrogens with one attached hydrogen (secondary N) is 1. The Hall–Kier alpha value is -1.67. The van der Waals surface area contributed by atoms with Gasteiger partial charge in [0.25, 0.3) is 0 Å². The van der Waals surface area contributed by atoms with Crippen molar-refractivity contribution in [1.82, 2.24) is 9.97 Å². The number of hydrogen-bond donors (Lipinski definition) is 1. The molecule has 0 aliphatic rings. The maximum absolute atomic E-state index is 4.97. The third-order valence-electron chi connectivity index (χ3n) is 4.24. The van der Waals surface area contributed by atoms with Crippen molar-refractivity contribution in [2.45, 2.75) is 6.92 Å². The molecule has 0 radical (unpaired) electrons. The molecule has 128 valence electrons. The van der Waals surface area contributed by atoms with E-state index in [0.717, 1.165) is 33.9 Å². The molecule has 1 N–H and O–H groups in total. The van der Waals surface area contributed by atoms with Crippen LogP contribution in [0.15, 0.2) is 72.8 Å². The number of rotatable bonds is 3. The summed E-state index contributed by atoms with van der Waals surface area (Å²) in [5.74, 6) is 0.896. The predicted octanol–water partition coefficient (Wildman–Crippen LogP) is 6.93. The number of aromatic nitrogens is 2. The van der Waals surface area contributed by atoms with Crippen LogP contribution in [0.25, 0.3) is 33.9 Å². The van der Waals surface area contributed by atoms with E-state index >= 15 is 0 Å². The van der Waals surface area contributed by atoms with E-state index in [1.54, 1.807) is 0 Å². The Bertz CT molecular complexity index is 1000. The molecule has 0 amide bonds. The minimum Gasteiger partial charge on any atom is -0.337 e. The van der Waals surface area contributed by atoms with Gasteiger partial charge in [0.1, 0.15) is 5.82 Å². The van der Waals surface area contributed by atoms with Crippen LogP contribution in [0.1, 0.15) is 5.56 Å². The second-order valence-corrected chi connectivity index (χ2v) is 8.69. The Morgan fingerprint density at radius 3 is 2.00 bits per heavy atom. The normalized spacial score (nSPS) is 10.9.